The van der Waals surface area contributed by atoms with E-state index in [0.29, 0.717) is 6.54 Å². The number of nitrogens with two attached hydrogens (primary N) is 1. The van der Waals surface area contributed by atoms with Gasteiger partial charge < -0.3 is 14.8 Å². The van der Waals surface area contributed by atoms with Crippen LogP contribution in [0.4, 0.5) is 0 Å². The van der Waals surface area contributed by atoms with Gasteiger partial charge in [-0.3, -0.25) is 0 Å². The van der Waals surface area contributed by atoms with Crippen LogP contribution in [0.5, 0.6) is 11.5 Å². The van der Waals surface area contributed by atoms with Crippen molar-refractivity contribution in [3.63, 3.8) is 0 Å². The number of benzene rings is 2. The lowest BCUT2D eigenvalue weighted by Gasteiger charge is -2.08. The number of fused-ring (bicyclic) bond motifs is 1. The minimum absolute atomic E-state index is 0.131. The topological polar surface area (TPSA) is 90.7 Å². The quantitative estimate of drug-likeness (QED) is 0.779. The molecule has 3 rings (SSSR count). The fraction of sp³-hybridized carbons (Fsp3) is 0.250. The van der Waals surface area contributed by atoms with Crippen molar-refractivity contribution < 1.29 is 17.9 Å². The van der Waals surface area contributed by atoms with Crippen molar-refractivity contribution in [2.24, 2.45) is 5.14 Å². The van der Waals surface area contributed by atoms with Gasteiger partial charge in [-0.1, -0.05) is 24.3 Å². The molecular formula is C16H18N2O4S. The minimum atomic E-state index is -3.63. The van der Waals surface area contributed by atoms with Gasteiger partial charge in [0.05, 0.1) is 4.90 Å². The first-order valence-electron chi connectivity index (χ1n) is 7.24. The summed E-state index contributed by atoms with van der Waals surface area (Å²) in [6.45, 7) is 1.71. The van der Waals surface area contributed by atoms with Crippen molar-refractivity contribution in [2.75, 3.05) is 13.3 Å². The maximum Gasteiger partial charge on any atom is 0.238 e. The van der Waals surface area contributed by atoms with Gasteiger partial charge in [-0.2, -0.15) is 0 Å². The smallest absolute Gasteiger partial charge is 0.238 e. The Kier molecular flexibility index (Phi) is 4.51. The van der Waals surface area contributed by atoms with Crippen LogP contribution in [0.25, 0.3) is 0 Å². The first-order chi connectivity index (χ1) is 11.0. The van der Waals surface area contributed by atoms with Gasteiger partial charge in [0, 0.05) is 12.1 Å². The number of hydrogen-bond acceptors (Lipinski definition) is 5. The second-order valence-corrected chi connectivity index (χ2v) is 6.83. The van der Waals surface area contributed by atoms with Gasteiger partial charge in [0.25, 0.3) is 0 Å². The molecule has 0 spiro atoms. The number of ether oxygens (including phenoxy) is 2. The lowest BCUT2D eigenvalue weighted by atomic mass is 10.1. The third kappa shape index (κ3) is 3.82. The Balaban J connectivity index is 1.52. The van der Waals surface area contributed by atoms with E-state index >= 15 is 0 Å². The molecule has 1 aliphatic heterocycles. The summed E-state index contributed by atoms with van der Waals surface area (Å²) >= 11 is 0. The maximum absolute atomic E-state index is 11.2. The molecule has 7 heteroatoms. The third-order valence-corrected chi connectivity index (χ3v) is 4.57. The monoisotopic (exact) mass is 334 g/mol. The van der Waals surface area contributed by atoms with Gasteiger partial charge >= 0.3 is 0 Å². The number of sulfonamides is 1. The predicted octanol–water partition coefficient (Wildman–Crippen LogP) is 1.39. The number of nitrogens with one attached hydrogen (secondary N) is 1. The average Bonchev–Trinajstić information content (AvgIpc) is 3.00. The SMILES string of the molecule is NS(=O)(=O)c1ccc(CCNCc2cccc3c2OCO3)cc1. The predicted molar refractivity (Wildman–Crippen MR) is 85.8 cm³/mol. The van der Waals surface area contributed by atoms with E-state index in [-0.39, 0.29) is 11.7 Å². The summed E-state index contributed by atoms with van der Waals surface area (Å²) in [5, 5.41) is 8.42. The fourth-order valence-electron chi connectivity index (χ4n) is 2.43. The summed E-state index contributed by atoms with van der Waals surface area (Å²) < 4.78 is 33.2. The molecule has 0 unspecified atom stereocenters. The Morgan fingerprint density at radius 3 is 2.61 bits per heavy atom. The van der Waals surface area contributed by atoms with Gasteiger partial charge in [-0.05, 0) is 36.7 Å². The zero-order valence-corrected chi connectivity index (χ0v) is 13.3. The van der Waals surface area contributed by atoms with E-state index in [0.717, 1.165) is 35.6 Å². The van der Waals surface area contributed by atoms with Crippen molar-refractivity contribution in [1.82, 2.24) is 5.32 Å². The molecule has 1 heterocycles. The molecule has 0 atom stereocenters. The molecule has 6 nitrogen and oxygen atoms in total. The third-order valence-electron chi connectivity index (χ3n) is 3.64. The van der Waals surface area contributed by atoms with E-state index < -0.39 is 10.0 Å². The second kappa shape index (κ2) is 6.57. The Morgan fingerprint density at radius 2 is 1.87 bits per heavy atom. The molecule has 0 amide bonds. The fourth-order valence-corrected chi connectivity index (χ4v) is 2.95. The van der Waals surface area contributed by atoms with Gasteiger partial charge in [0.15, 0.2) is 11.5 Å². The Hall–Kier alpha value is -2.09. The number of primary sulfonamides is 1. The molecule has 0 radical (unpaired) electrons. The molecule has 0 aliphatic carbocycles. The van der Waals surface area contributed by atoms with Crippen molar-refractivity contribution in [1.29, 1.82) is 0 Å². The van der Waals surface area contributed by atoms with Crippen LogP contribution in [-0.2, 0) is 23.0 Å². The van der Waals surface area contributed by atoms with Crippen molar-refractivity contribution in [3.05, 3.63) is 53.6 Å². The molecule has 122 valence electrons. The second-order valence-electron chi connectivity index (χ2n) is 5.27. The van der Waals surface area contributed by atoms with Crippen LogP contribution >= 0.6 is 0 Å². The highest BCUT2D eigenvalue weighted by atomic mass is 32.2. The summed E-state index contributed by atoms with van der Waals surface area (Å²) in [6, 6.07) is 12.4. The zero-order valence-electron chi connectivity index (χ0n) is 12.5. The molecule has 2 aromatic carbocycles. The number of para-hydroxylation sites is 1. The van der Waals surface area contributed by atoms with Gasteiger partial charge in [0.1, 0.15) is 0 Å². The highest BCUT2D eigenvalue weighted by Gasteiger charge is 2.16. The molecule has 0 aromatic heterocycles. The van der Waals surface area contributed by atoms with Crippen LogP contribution in [0.3, 0.4) is 0 Å². The Labute approximate surface area is 135 Å². The van der Waals surface area contributed by atoms with Crippen LogP contribution in [0.1, 0.15) is 11.1 Å². The van der Waals surface area contributed by atoms with E-state index in [1.54, 1.807) is 12.1 Å². The van der Waals surface area contributed by atoms with Crippen LogP contribution in [0.2, 0.25) is 0 Å². The Morgan fingerprint density at radius 1 is 1.09 bits per heavy atom. The molecule has 0 bridgehead atoms. The van der Waals surface area contributed by atoms with Crippen LogP contribution in [-0.4, -0.2) is 21.8 Å². The molecule has 0 saturated heterocycles. The van der Waals surface area contributed by atoms with E-state index in [1.165, 1.54) is 12.1 Å². The highest BCUT2D eigenvalue weighted by Crippen LogP contribution is 2.35. The van der Waals surface area contributed by atoms with E-state index in [2.05, 4.69) is 5.32 Å². The molecule has 3 N–H and O–H groups in total. The lowest BCUT2D eigenvalue weighted by Crippen LogP contribution is -2.17. The van der Waals surface area contributed by atoms with Crippen LogP contribution in [0.15, 0.2) is 47.4 Å². The van der Waals surface area contributed by atoms with E-state index in [9.17, 15) is 8.42 Å². The summed E-state index contributed by atoms with van der Waals surface area (Å²) in [5.41, 5.74) is 2.10. The summed E-state index contributed by atoms with van der Waals surface area (Å²) in [7, 11) is -3.63. The summed E-state index contributed by atoms with van der Waals surface area (Å²) in [5.74, 6) is 1.58. The Bertz CT molecular complexity index is 788. The normalized spacial score (nSPS) is 13.3. The lowest BCUT2D eigenvalue weighted by molar-refractivity contribution is 0.173. The first-order valence-corrected chi connectivity index (χ1v) is 8.78. The maximum atomic E-state index is 11.2. The van der Waals surface area contributed by atoms with Gasteiger partial charge in [-0.15, -0.1) is 0 Å². The standard InChI is InChI=1S/C16H18N2O4S/c17-23(19,20)14-6-4-12(5-7-14)8-9-18-10-13-2-1-3-15-16(13)22-11-21-15/h1-7,18H,8-11H2,(H2,17,19,20). The molecule has 0 fully saturated rings. The van der Waals surface area contributed by atoms with Crippen LogP contribution < -0.4 is 19.9 Å². The molecule has 1 aliphatic rings. The van der Waals surface area contributed by atoms with Crippen molar-refractivity contribution in [2.45, 2.75) is 17.9 Å². The van der Waals surface area contributed by atoms with Gasteiger partial charge in [-0.25, -0.2) is 13.6 Å². The molecule has 23 heavy (non-hydrogen) atoms. The minimum Gasteiger partial charge on any atom is -0.454 e. The van der Waals surface area contributed by atoms with Crippen LogP contribution in [0, 0.1) is 0 Å². The van der Waals surface area contributed by atoms with Crippen molar-refractivity contribution >= 4 is 10.0 Å². The van der Waals surface area contributed by atoms with Crippen molar-refractivity contribution in [3.8, 4) is 11.5 Å². The number of rotatable bonds is 6. The van der Waals surface area contributed by atoms with E-state index in [1.807, 2.05) is 18.2 Å². The molecule has 2 aromatic rings. The first kappa shape index (κ1) is 15.8. The molecular weight excluding hydrogens is 316 g/mol. The zero-order chi connectivity index (χ0) is 16.3. The number of hydrogen-bond donors (Lipinski definition) is 2. The largest absolute Gasteiger partial charge is 0.454 e. The van der Waals surface area contributed by atoms with Gasteiger partial charge in [0.2, 0.25) is 16.8 Å². The molecule has 0 saturated carbocycles. The van der Waals surface area contributed by atoms with E-state index in [4.69, 9.17) is 14.6 Å². The summed E-state index contributed by atoms with van der Waals surface area (Å²) in [6.07, 6.45) is 0.789. The highest BCUT2D eigenvalue weighted by molar-refractivity contribution is 7.89. The average molecular weight is 334 g/mol. The summed E-state index contributed by atoms with van der Waals surface area (Å²) in [4.78, 5) is 0.131.